The molecule has 9 heteroatoms. The van der Waals surface area contributed by atoms with Gasteiger partial charge in [0.05, 0.1) is 16.5 Å². The molecule has 0 atom stereocenters. The number of hydrogen-bond acceptors (Lipinski definition) is 5. The van der Waals surface area contributed by atoms with E-state index in [2.05, 4.69) is 4.98 Å². The van der Waals surface area contributed by atoms with Gasteiger partial charge >= 0.3 is 0 Å². The van der Waals surface area contributed by atoms with Gasteiger partial charge in [-0.05, 0) is 43.3 Å². The maximum Gasteiger partial charge on any atom is 0.260 e. The van der Waals surface area contributed by atoms with Gasteiger partial charge in [-0.2, -0.15) is 9.57 Å². The molecule has 0 bridgehead atoms. The highest BCUT2D eigenvalue weighted by Gasteiger charge is 2.31. The van der Waals surface area contributed by atoms with E-state index in [0.717, 1.165) is 0 Å². The van der Waals surface area contributed by atoms with Crippen LogP contribution in [-0.4, -0.2) is 54.7 Å². The third-order valence-electron chi connectivity index (χ3n) is 4.43. The summed E-state index contributed by atoms with van der Waals surface area (Å²) in [7, 11) is -3.70. The Balaban J connectivity index is 1.71. The topological polar surface area (TPSA) is 114 Å². The van der Waals surface area contributed by atoms with Crippen molar-refractivity contribution in [1.29, 1.82) is 5.26 Å². The van der Waals surface area contributed by atoms with Gasteiger partial charge in [0.2, 0.25) is 10.0 Å². The third kappa shape index (κ3) is 3.77. The molecule has 2 aromatic rings. The van der Waals surface area contributed by atoms with Crippen LogP contribution in [0, 0.1) is 18.3 Å². The number of pyridine rings is 1. The highest BCUT2D eigenvalue weighted by Crippen LogP contribution is 2.18. The number of aromatic nitrogens is 1. The summed E-state index contributed by atoms with van der Waals surface area (Å²) >= 11 is 0. The summed E-state index contributed by atoms with van der Waals surface area (Å²) in [6.07, 6.45) is 0. The standard InChI is InChI=1S/C18H18N4O4S/c1-13-2-7-16(17(23)20-13)18(24)21-8-10-22(11-9-21)27(25,26)15-5-3-14(12-19)4-6-15/h2-7H,8-11H2,1H3,(H,20,23). The predicted octanol–water partition coefficient (Wildman–Crippen LogP) is 0.702. The quantitative estimate of drug-likeness (QED) is 0.834. The number of benzene rings is 1. The summed E-state index contributed by atoms with van der Waals surface area (Å²) in [6, 6.07) is 10.8. The summed E-state index contributed by atoms with van der Waals surface area (Å²) in [6.45, 7) is 2.39. The zero-order valence-corrected chi connectivity index (χ0v) is 15.5. The molecule has 1 aromatic carbocycles. The summed E-state index contributed by atoms with van der Waals surface area (Å²) in [5, 5.41) is 8.82. The summed E-state index contributed by atoms with van der Waals surface area (Å²) in [5.74, 6) is -0.410. The zero-order valence-electron chi connectivity index (χ0n) is 14.7. The molecule has 0 saturated carbocycles. The summed E-state index contributed by atoms with van der Waals surface area (Å²) in [4.78, 5) is 28.7. The Bertz CT molecular complexity index is 1060. The van der Waals surface area contributed by atoms with E-state index in [0.29, 0.717) is 11.3 Å². The van der Waals surface area contributed by atoms with Gasteiger partial charge < -0.3 is 9.88 Å². The Morgan fingerprint density at radius 3 is 2.26 bits per heavy atom. The predicted molar refractivity (Wildman–Crippen MR) is 97.6 cm³/mol. The molecule has 0 unspecified atom stereocenters. The van der Waals surface area contributed by atoms with Crippen molar-refractivity contribution in [3.8, 4) is 6.07 Å². The van der Waals surface area contributed by atoms with Crippen molar-refractivity contribution in [3.05, 3.63) is 63.6 Å². The van der Waals surface area contributed by atoms with Crippen molar-refractivity contribution in [2.45, 2.75) is 11.8 Å². The zero-order chi connectivity index (χ0) is 19.6. The average Bonchev–Trinajstić information content (AvgIpc) is 2.67. The normalized spacial score (nSPS) is 15.3. The molecule has 3 rings (SSSR count). The van der Waals surface area contributed by atoms with Crippen LogP contribution in [0.4, 0.5) is 0 Å². The van der Waals surface area contributed by atoms with Gasteiger partial charge in [-0.3, -0.25) is 9.59 Å². The van der Waals surface area contributed by atoms with E-state index in [4.69, 9.17) is 5.26 Å². The van der Waals surface area contributed by atoms with Gasteiger partial charge in [0, 0.05) is 31.9 Å². The lowest BCUT2D eigenvalue weighted by Crippen LogP contribution is -2.51. The molecule has 27 heavy (non-hydrogen) atoms. The molecule has 1 amide bonds. The summed E-state index contributed by atoms with van der Waals surface area (Å²) in [5.41, 5.74) is 0.638. The molecule has 140 valence electrons. The molecular formula is C18H18N4O4S. The molecule has 1 N–H and O–H groups in total. The lowest BCUT2D eigenvalue weighted by atomic mass is 10.2. The van der Waals surface area contributed by atoms with Gasteiger partial charge in [-0.1, -0.05) is 0 Å². The molecule has 0 radical (unpaired) electrons. The Morgan fingerprint density at radius 1 is 1.07 bits per heavy atom. The van der Waals surface area contributed by atoms with Crippen molar-refractivity contribution in [1.82, 2.24) is 14.2 Å². The Hall–Kier alpha value is -2.96. The molecule has 1 aromatic heterocycles. The fourth-order valence-electron chi connectivity index (χ4n) is 2.89. The minimum Gasteiger partial charge on any atom is -0.336 e. The van der Waals surface area contributed by atoms with Crippen LogP contribution in [0.25, 0.3) is 0 Å². The molecule has 0 spiro atoms. The van der Waals surface area contributed by atoms with E-state index in [1.807, 2.05) is 6.07 Å². The van der Waals surface area contributed by atoms with Crippen LogP contribution in [0.3, 0.4) is 0 Å². The number of H-pyrrole nitrogens is 1. The first-order valence-corrected chi connectivity index (χ1v) is 9.76. The highest BCUT2D eigenvalue weighted by atomic mass is 32.2. The number of hydrogen-bond donors (Lipinski definition) is 1. The van der Waals surface area contributed by atoms with Gasteiger partial charge in [-0.25, -0.2) is 8.42 Å². The molecule has 1 fully saturated rings. The minimum atomic E-state index is -3.70. The van der Waals surface area contributed by atoms with E-state index >= 15 is 0 Å². The van der Waals surface area contributed by atoms with Gasteiger partial charge in [0.25, 0.3) is 11.5 Å². The van der Waals surface area contributed by atoms with Crippen molar-refractivity contribution >= 4 is 15.9 Å². The van der Waals surface area contributed by atoms with Crippen LogP contribution in [-0.2, 0) is 10.0 Å². The molecule has 0 aliphatic carbocycles. The lowest BCUT2D eigenvalue weighted by molar-refractivity contribution is 0.0696. The van der Waals surface area contributed by atoms with Crippen LogP contribution in [0.2, 0.25) is 0 Å². The van der Waals surface area contributed by atoms with E-state index in [-0.39, 0.29) is 36.6 Å². The number of nitrogens with zero attached hydrogens (tertiary/aromatic N) is 3. The fourth-order valence-corrected chi connectivity index (χ4v) is 4.32. The molecular weight excluding hydrogens is 368 g/mol. The number of sulfonamides is 1. The Kier molecular flexibility index (Phi) is 5.12. The van der Waals surface area contributed by atoms with E-state index in [1.54, 1.807) is 13.0 Å². The van der Waals surface area contributed by atoms with Gasteiger partial charge in [0.15, 0.2) is 0 Å². The van der Waals surface area contributed by atoms with Crippen LogP contribution >= 0.6 is 0 Å². The monoisotopic (exact) mass is 386 g/mol. The van der Waals surface area contributed by atoms with Crippen LogP contribution in [0.5, 0.6) is 0 Å². The van der Waals surface area contributed by atoms with Crippen LogP contribution in [0.15, 0.2) is 46.1 Å². The lowest BCUT2D eigenvalue weighted by Gasteiger charge is -2.33. The molecule has 2 heterocycles. The van der Waals surface area contributed by atoms with Gasteiger partial charge in [-0.15, -0.1) is 0 Å². The average molecular weight is 386 g/mol. The van der Waals surface area contributed by atoms with Crippen molar-refractivity contribution in [2.75, 3.05) is 26.2 Å². The summed E-state index contributed by atoms with van der Waals surface area (Å²) < 4.78 is 26.7. The van der Waals surface area contributed by atoms with Crippen molar-refractivity contribution in [2.24, 2.45) is 0 Å². The number of nitriles is 1. The van der Waals surface area contributed by atoms with E-state index in [1.165, 1.54) is 39.5 Å². The maximum atomic E-state index is 12.7. The van der Waals surface area contributed by atoms with E-state index < -0.39 is 21.5 Å². The number of nitrogens with one attached hydrogen (secondary N) is 1. The Morgan fingerprint density at radius 2 is 1.70 bits per heavy atom. The second-order valence-electron chi connectivity index (χ2n) is 6.22. The first-order valence-electron chi connectivity index (χ1n) is 8.32. The highest BCUT2D eigenvalue weighted by molar-refractivity contribution is 7.89. The molecule has 1 saturated heterocycles. The fraction of sp³-hybridized carbons (Fsp3) is 0.278. The first-order chi connectivity index (χ1) is 12.8. The second-order valence-corrected chi connectivity index (χ2v) is 8.15. The van der Waals surface area contributed by atoms with Crippen LogP contribution in [0.1, 0.15) is 21.6 Å². The number of carbonyl (C=O) groups excluding carboxylic acids is 1. The number of aromatic amines is 1. The first kappa shape index (κ1) is 18.8. The minimum absolute atomic E-state index is 0.0454. The van der Waals surface area contributed by atoms with Crippen molar-refractivity contribution < 1.29 is 13.2 Å². The maximum absolute atomic E-state index is 12.7. The third-order valence-corrected chi connectivity index (χ3v) is 6.35. The van der Waals surface area contributed by atoms with Crippen molar-refractivity contribution in [3.63, 3.8) is 0 Å². The van der Waals surface area contributed by atoms with E-state index in [9.17, 15) is 18.0 Å². The Labute approximate surface area is 156 Å². The smallest absolute Gasteiger partial charge is 0.260 e. The SMILES string of the molecule is Cc1ccc(C(=O)N2CCN(S(=O)(=O)c3ccc(C#N)cc3)CC2)c(=O)[nH]1. The molecule has 1 aliphatic rings. The van der Waals surface area contributed by atoms with Crippen LogP contribution < -0.4 is 5.56 Å². The number of amides is 1. The number of piperazine rings is 1. The second kappa shape index (κ2) is 7.34. The number of carbonyl (C=O) groups is 1. The molecule has 8 nitrogen and oxygen atoms in total. The number of aryl methyl sites for hydroxylation is 1. The molecule has 1 aliphatic heterocycles. The largest absolute Gasteiger partial charge is 0.336 e. The number of rotatable bonds is 3. The van der Waals surface area contributed by atoms with Gasteiger partial charge in [0.1, 0.15) is 5.56 Å².